The van der Waals surface area contributed by atoms with Gasteiger partial charge in [0.15, 0.2) is 12.4 Å². The van der Waals surface area contributed by atoms with Crippen molar-refractivity contribution >= 4 is 11.9 Å². The van der Waals surface area contributed by atoms with Gasteiger partial charge in [-0.15, -0.1) is 0 Å². The van der Waals surface area contributed by atoms with Gasteiger partial charge in [-0.1, -0.05) is 0 Å². The van der Waals surface area contributed by atoms with Crippen LogP contribution < -0.4 is 10.1 Å². The Kier molecular flexibility index (Phi) is 5.50. The molecular weight excluding hydrogens is 336 g/mol. The summed E-state index contributed by atoms with van der Waals surface area (Å²) in [4.78, 5) is 25.2. The van der Waals surface area contributed by atoms with Crippen molar-refractivity contribution in [3.63, 3.8) is 0 Å². The molecule has 0 radical (unpaired) electrons. The summed E-state index contributed by atoms with van der Waals surface area (Å²) in [6.45, 7) is 4.68. The van der Waals surface area contributed by atoms with E-state index >= 15 is 0 Å². The quantitative estimate of drug-likeness (QED) is 0.675. The summed E-state index contributed by atoms with van der Waals surface area (Å²) in [6, 6.07) is 0.350. The molecule has 1 heterocycles. The number of amides is 1. The number of hydrogen-bond donors (Lipinski definition) is 2. The molecule has 0 atom stereocenters. The number of aliphatic carboxylic acids is 1. The van der Waals surface area contributed by atoms with Gasteiger partial charge in [0.1, 0.15) is 5.69 Å². The lowest BCUT2D eigenvalue weighted by atomic mass is 9.85. The Morgan fingerprint density at radius 1 is 1.35 bits per heavy atom. The average Bonchev–Trinajstić information content (AvgIpc) is 3.29. The lowest BCUT2D eigenvalue weighted by Crippen LogP contribution is -2.55. The molecule has 2 aliphatic rings. The molecule has 2 aliphatic carbocycles. The molecule has 8 nitrogen and oxygen atoms in total. The highest BCUT2D eigenvalue weighted by Gasteiger charge is 2.37. The minimum absolute atomic E-state index is 0.0323. The fourth-order valence-corrected chi connectivity index (χ4v) is 3.52. The number of hydrogen-bond acceptors (Lipinski definition) is 5. The predicted octanol–water partition coefficient (Wildman–Crippen LogP) is 0.860. The van der Waals surface area contributed by atoms with Gasteiger partial charge in [-0.3, -0.25) is 19.2 Å². The van der Waals surface area contributed by atoms with Crippen molar-refractivity contribution in [1.29, 1.82) is 0 Å². The van der Waals surface area contributed by atoms with Crippen LogP contribution in [0, 0.1) is 19.8 Å². The van der Waals surface area contributed by atoms with Crippen LogP contribution >= 0.6 is 0 Å². The van der Waals surface area contributed by atoms with Crippen molar-refractivity contribution in [3.8, 4) is 5.75 Å². The van der Waals surface area contributed by atoms with Gasteiger partial charge < -0.3 is 15.2 Å². The molecule has 0 aliphatic heterocycles. The minimum atomic E-state index is -0.784. The van der Waals surface area contributed by atoms with Gasteiger partial charge >= 0.3 is 5.97 Å². The molecule has 8 heteroatoms. The van der Waals surface area contributed by atoms with E-state index < -0.39 is 5.97 Å². The highest BCUT2D eigenvalue weighted by molar-refractivity contribution is 5.78. The normalized spacial score (nSPS) is 22.2. The predicted molar refractivity (Wildman–Crippen MR) is 95.1 cm³/mol. The number of carbonyl (C=O) groups excluding carboxylic acids is 1. The maximum atomic E-state index is 12.1. The van der Waals surface area contributed by atoms with Crippen LogP contribution in [0.3, 0.4) is 0 Å². The second-order valence-electron chi connectivity index (χ2n) is 7.57. The summed E-state index contributed by atoms with van der Waals surface area (Å²) in [7, 11) is 1.84. The van der Waals surface area contributed by atoms with Crippen LogP contribution in [0.1, 0.15) is 37.1 Å². The van der Waals surface area contributed by atoms with Gasteiger partial charge in [0, 0.05) is 25.7 Å². The van der Waals surface area contributed by atoms with E-state index in [1.165, 1.54) is 12.8 Å². The number of aromatic nitrogens is 2. The number of carboxylic acids is 1. The summed E-state index contributed by atoms with van der Waals surface area (Å²) in [5, 5.41) is 16.3. The Morgan fingerprint density at radius 3 is 2.58 bits per heavy atom. The number of nitrogens with zero attached hydrogens (tertiary/aromatic N) is 3. The van der Waals surface area contributed by atoms with E-state index in [1.807, 2.05) is 20.9 Å². The molecule has 26 heavy (non-hydrogen) atoms. The molecule has 1 aromatic heterocycles. The van der Waals surface area contributed by atoms with Gasteiger partial charge in [0.25, 0.3) is 5.91 Å². The summed E-state index contributed by atoms with van der Waals surface area (Å²) in [6.07, 6.45) is 4.01. The zero-order valence-electron chi connectivity index (χ0n) is 15.7. The zero-order valence-corrected chi connectivity index (χ0v) is 15.7. The van der Waals surface area contributed by atoms with Crippen molar-refractivity contribution < 1.29 is 19.4 Å². The van der Waals surface area contributed by atoms with E-state index in [1.54, 1.807) is 4.68 Å². The SMILES string of the molecule is Cc1nn(C)c(C)c1OCC(=O)NC1CC(N(CC(=O)O)CC2CC2)C1. The Balaban J connectivity index is 1.41. The van der Waals surface area contributed by atoms with Crippen LogP contribution in [0.2, 0.25) is 0 Å². The molecule has 144 valence electrons. The van der Waals surface area contributed by atoms with E-state index in [4.69, 9.17) is 9.84 Å². The molecule has 0 saturated heterocycles. The highest BCUT2D eigenvalue weighted by atomic mass is 16.5. The monoisotopic (exact) mass is 364 g/mol. The van der Waals surface area contributed by atoms with E-state index in [9.17, 15) is 9.59 Å². The number of carboxylic acid groups (broad SMARTS) is 1. The smallest absolute Gasteiger partial charge is 0.317 e. The maximum absolute atomic E-state index is 12.1. The lowest BCUT2D eigenvalue weighted by Gasteiger charge is -2.42. The van der Waals surface area contributed by atoms with E-state index in [2.05, 4.69) is 15.3 Å². The van der Waals surface area contributed by atoms with Crippen molar-refractivity contribution in [1.82, 2.24) is 20.0 Å². The van der Waals surface area contributed by atoms with Crippen LogP contribution in [0.5, 0.6) is 5.75 Å². The summed E-state index contributed by atoms with van der Waals surface area (Å²) < 4.78 is 7.36. The summed E-state index contributed by atoms with van der Waals surface area (Å²) in [5.41, 5.74) is 1.66. The highest BCUT2D eigenvalue weighted by Crippen LogP contribution is 2.33. The third-order valence-electron chi connectivity index (χ3n) is 5.31. The molecule has 2 N–H and O–H groups in total. The van der Waals surface area contributed by atoms with Gasteiger partial charge in [-0.05, 0) is 45.4 Å². The first kappa shape index (κ1) is 18.7. The van der Waals surface area contributed by atoms with Crippen molar-refractivity contribution in [2.45, 2.75) is 51.6 Å². The second-order valence-corrected chi connectivity index (χ2v) is 7.57. The number of ether oxygens (including phenoxy) is 1. The number of rotatable bonds is 9. The van der Waals surface area contributed by atoms with Gasteiger partial charge in [0.05, 0.1) is 12.2 Å². The lowest BCUT2D eigenvalue weighted by molar-refractivity contribution is -0.140. The maximum Gasteiger partial charge on any atom is 0.317 e. The molecule has 0 unspecified atom stereocenters. The number of aryl methyl sites for hydroxylation is 2. The fourth-order valence-electron chi connectivity index (χ4n) is 3.52. The van der Waals surface area contributed by atoms with Crippen LogP contribution in [-0.4, -0.2) is 63.4 Å². The first-order chi connectivity index (χ1) is 12.3. The van der Waals surface area contributed by atoms with Crippen molar-refractivity contribution in [2.75, 3.05) is 19.7 Å². The van der Waals surface area contributed by atoms with E-state index in [0.29, 0.717) is 11.7 Å². The molecule has 2 saturated carbocycles. The Bertz CT molecular complexity index is 677. The fraction of sp³-hybridized carbons (Fsp3) is 0.722. The Hall–Kier alpha value is -2.09. The number of nitrogens with one attached hydrogen (secondary N) is 1. The molecule has 1 amide bonds. The third-order valence-corrected chi connectivity index (χ3v) is 5.31. The molecular formula is C18H28N4O4. The van der Waals surface area contributed by atoms with Crippen molar-refractivity contribution in [3.05, 3.63) is 11.4 Å². The van der Waals surface area contributed by atoms with Gasteiger partial charge in [-0.25, -0.2) is 0 Å². The zero-order chi connectivity index (χ0) is 18.8. The third kappa shape index (κ3) is 4.55. The van der Waals surface area contributed by atoms with Gasteiger partial charge in [-0.2, -0.15) is 5.10 Å². The molecule has 0 aromatic carbocycles. The van der Waals surface area contributed by atoms with Crippen LogP contribution in [0.4, 0.5) is 0 Å². The van der Waals surface area contributed by atoms with Gasteiger partial charge in [0.2, 0.25) is 0 Å². The van der Waals surface area contributed by atoms with Crippen molar-refractivity contribution in [2.24, 2.45) is 13.0 Å². The topological polar surface area (TPSA) is 96.7 Å². The largest absolute Gasteiger partial charge is 0.480 e. The molecule has 1 aromatic rings. The molecule has 3 rings (SSSR count). The van der Waals surface area contributed by atoms with E-state index in [-0.39, 0.29) is 31.1 Å². The van der Waals surface area contributed by atoms with Crippen LogP contribution in [0.25, 0.3) is 0 Å². The Morgan fingerprint density at radius 2 is 2.04 bits per heavy atom. The summed E-state index contributed by atoms with van der Waals surface area (Å²) >= 11 is 0. The average molecular weight is 364 g/mol. The second kappa shape index (κ2) is 7.65. The number of carbonyl (C=O) groups is 2. The Labute approximate surface area is 153 Å². The first-order valence-electron chi connectivity index (χ1n) is 9.21. The van der Waals surface area contributed by atoms with E-state index in [0.717, 1.165) is 30.8 Å². The molecule has 2 fully saturated rings. The molecule has 0 spiro atoms. The standard InChI is InChI=1S/C18H28N4O4/c1-11-18(12(2)21(3)20-11)26-10-16(23)19-14-6-15(7-14)22(9-17(24)25)8-13-4-5-13/h13-15H,4-10H2,1-3H3,(H,19,23)(H,24,25). The minimum Gasteiger partial charge on any atom is -0.480 e. The van der Waals surface area contributed by atoms with Crippen LogP contribution in [0.15, 0.2) is 0 Å². The molecule has 0 bridgehead atoms. The van der Waals surface area contributed by atoms with Crippen LogP contribution in [-0.2, 0) is 16.6 Å². The first-order valence-corrected chi connectivity index (χ1v) is 9.21. The summed E-state index contributed by atoms with van der Waals surface area (Å²) in [5.74, 6) is 0.380.